The Hall–Kier alpha value is 0.656. The van der Waals surface area contributed by atoms with Crippen LogP contribution in [0.3, 0.4) is 0 Å². The molecule has 2 N–H and O–H groups in total. The smallest absolute Gasteiger partial charge is 0.322 e. The third-order valence-corrected chi connectivity index (χ3v) is 0. The van der Waals surface area contributed by atoms with Crippen LogP contribution in [-0.2, 0) is 21.3 Å². The molecule has 0 bridgehead atoms. The molecule has 0 unspecified atom stereocenters. The molecule has 0 amide bonds. The summed E-state index contributed by atoms with van der Waals surface area (Å²) in [5.74, 6) is 0. The van der Waals surface area contributed by atoms with Gasteiger partial charge in [-0.3, -0.25) is 4.57 Å². The van der Waals surface area contributed by atoms with Gasteiger partial charge in [0.1, 0.15) is 0 Å². The van der Waals surface area contributed by atoms with Gasteiger partial charge in [-0.25, -0.2) is 0 Å². The largest absolute Gasteiger partial charge is 0.325 e. The number of rotatable bonds is 0. The quantitative estimate of drug-likeness (QED) is 0.476. The zero-order chi connectivity index (χ0) is 4.50. The third kappa shape index (κ3) is 144. The summed E-state index contributed by atoms with van der Waals surface area (Å²) in [6.07, 6.45) is 0. The van der Waals surface area contributed by atoms with E-state index in [1.165, 1.54) is 0 Å². The van der Waals surface area contributed by atoms with Gasteiger partial charge in [-0.05, 0) is 0 Å². The van der Waals surface area contributed by atoms with Crippen LogP contribution in [0.2, 0.25) is 0 Å². The maximum absolute atomic E-state index is 9.33. The second kappa shape index (κ2) is 2.77. The van der Waals surface area contributed by atoms with E-state index in [-0.39, 0.29) is 16.8 Å². The van der Waals surface area contributed by atoms with Crippen LogP contribution in [0, 0.1) is 0 Å². The Labute approximate surface area is 46.1 Å². The summed E-state index contributed by atoms with van der Waals surface area (Å²) in [7, 11) is -3.64. The van der Waals surface area contributed by atoms with Crippen molar-refractivity contribution < 1.29 is 31.1 Å². The summed E-state index contributed by atoms with van der Waals surface area (Å²) < 4.78 is 9.33. The normalized spacial score (nSPS) is 9.83. The van der Waals surface area contributed by atoms with E-state index in [0.29, 0.717) is 0 Å². The predicted molar refractivity (Wildman–Crippen MR) is 18.0 cm³/mol. The standard InChI is InChI=1S/CH5O3P.Co/c1-5(2,3)4;/h1H3,(H2,2,3,4);. The number of hydrogen-bond acceptors (Lipinski definition) is 1. The van der Waals surface area contributed by atoms with Crippen molar-refractivity contribution in [3.63, 3.8) is 0 Å². The van der Waals surface area contributed by atoms with Crippen LogP contribution in [-0.4, -0.2) is 16.5 Å². The fraction of sp³-hybridized carbons (Fsp3) is 1.00. The topological polar surface area (TPSA) is 57.5 Å². The molecule has 0 rings (SSSR count). The molecular weight excluding hydrogens is 150 g/mol. The average Bonchev–Trinajstić information content (AvgIpc) is 0.722. The van der Waals surface area contributed by atoms with E-state index < -0.39 is 7.60 Å². The van der Waals surface area contributed by atoms with Gasteiger partial charge in [-0.1, -0.05) is 0 Å². The van der Waals surface area contributed by atoms with E-state index >= 15 is 0 Å². The SMILES string of the molecule is CP(=O)(O)O.[Co]. The molecule has 0 aromatic carbocycles. The first-order valence-electron chi connectivity index (χ1n) is 1.03. The Morgan fingerprint density at radius 3 is 1.50 bits per heavy atom. The summed E-state index contributed by atoms with van der Waals surface area (Å²) in [5.41, 5.74) is 0. The van der Waals surface area contributed by atoms with Crippen LogP contribution >= 0.6 is 7.60 Å². The molecule has 0 atom stereocenters. The first-order valence-corrected chi connectivity index (χ1v) is 3.09. The molecule has 0 aliphatic carbocycles. The third-order valence-electron chi connectivity index (χ3n) is 0. The molecule has 6 heavy (non-hydrogen) atoms. The van der Waals surface area contributed by atoms with Crippen LogP contribution in [0.25, 0.3) is 0 Å². The van der Waals surface area contributed by atoms with Gasteiger partial charge < -0.3 is 9.79 Å². The second-order valence-corrected chi connectivity index (χ2v) is 2.51. The van der Waals surface area contributed by atoms with Gasteiger partial charge in [-0.15, -0.1) is 0 Å². The molecule has 0 spiro atoms. The molecular formula is CH5CoO3P. The molecule has 0 saturated heterocycles. The van der Waals surface area contributed by atoms with Crippen LogP contribution in [0.4, 0.5) is 0 Å². The molecule has 0 aromatic heterocycles. The van der Waals surface area contributed by atoms with Gasteiger partial charge in [0.05, 0.1) is 0 Å². The second-order valence-electron chi connectivity index (χ2n) is 0.835. The van der Waals surface area contributed by atoms with Crippen molar-refractivity contribution in [2.24, 2.45) is 0 Å². The number of hydrogen-bond donors (Lipinski definition) is 2. The fourth-order valence-corrected chi connectivity index (χ4v) is 0. The summed E-state index contributed by atoms with van der Waals surface area (Å²) in [6, 6.07) is 0. The maximum atomic E-state index is 9.33. The van der Waals surface area contributed by atoms with E-state index in [0.717, 1.165) is 6.66 Å². The average molecular weight is 155 g/mol. The molecule has 0 heterocycles. The van der Waals surface area contributed by atoms with Crippen molar-refractivity contribution >= 4 is 7.60 Å². The van der Waals surface area contributed by atoms with Crippen molar-refractivity contribution in [3.8, 4) is 0 Å². The molecule has 41 valence electrons. The Bertz CT molecular complexity index is 56.9. The Kier molecular flexibility index (Phi) is 4.53. The molecule has 0 saturated carbocycles. The summed E-state index contributed by atoms with van der Waals surface area (Å²) >= 11 is 0. The van der Waals surface area contributed by atoms with Crippen LogP contribution in [0.15, 0.2) is 0 Å². The molecule has 1 radical (unpaired) electrons. The van der Waals surface area contributed by atoms with E-state index in [2.05, 4.69) is 0 Å². The zero-order valence-corrected chi connectivity index (χ0v) is 5.02. The Morgan fingerprint density at radius 2 is 1.50 bits per heavy atom. The molecule has 0 aromatic rings. The Balaban J connectivity index is 0. The van der Waals surface area contributed by atoms with Crippen molar-refractivity contribution in [1.29, 1.82) is 0 Å². The van der Waals surface area contributed by atoms with Crippen LogP contribution < -0.4 is 0 Å². The first kappa shape index (κ1) is 9.82. The van der Waals surface area contributed by atoms with E-state index in [9.17, 15) is 4.57 Å². The van der Waals surface area contributed by atoms with Gasteiger partial charge in [0.2, 0.25) is 0 Å². The van der Waals surface area contributed by atoms with E-state index in [1.54, 1.807) is 0 Å². The first-order chi connectivity index (χ1) is 2.00. The molecule has 0 aliphatic heterocycles. The van der Waals surface area contributed by atoms with E-state index in [4.69, 9.17) is 9.79 Å². The van der Waals surface area contributed by atoms with Gasteiger partial charge in [0.15, 0.2) is 0 Å². The minimum absolute atomic E-state index is 0. The van der Waals surface area contributed by atoms with Crippen LogP contribution in [0.5, 0.6) is 0 Å². The molecule has 3 nitrogen and oxygen atoms in total. The van der Waals surface area contributed by atoms with Gasteiger partial charge in [-0.2, -0.15) is 0 Å². The minimum Gasteiger partial charge on any atom is -0.325 e. The minimum atomic E-state index is -3.64. The predicted octanol–water partition coefficient (Wildman–Crippen LogP) is -0.209. The monoisotopic (exact) mass is 155 g/mol. The molecule has 0 aliphatic rings. The summed E-state index contributed by atoms with van der Waals surface area (Å²) in [6.45, 7) is 0.854. The fourth-order valence-electron chi connectivity index (χ4n) is 0. The van der Waals surface area contributed by atoms with Crippen molar-refractivity contribution in [2.75, 3.05) is 6.66 Å². The van der Waals surface area contributed by atoms with Gasteiger partial charge in [0.25, 0.3) is 0 Å². The Morgan fingerprint density at radius 1 is 1.50 bits per heavy atom. The van der Waals surface area contributed by atoms with Crippen LogP contribution in [0.1, 0.15) is 0 Å². The van der Waals surface area contributed by atoms with Crippen molar-refractivity contribution in [2.45, 2.75) is 0 Å². The van der Waals surface area contributed by atoms with E-state index in [1.807, 2.05) is 0 Å². The molecule has 0 fully saturated rings. The van der Waals surface area contributed by atoms with Gasteiger partial charge in [0, 0.05) is 23.4 Å². The van der Waals surface area contributed by atoms with Crippen molar-refractivity contribution in [3.05, 3.63) is 0 Å². The summed E-state index contributed by atoms with van der Waals surface area (Å²) in [5, 5.41) is 0. The maximum Gasteiger partial charge on any atom is 0.322 e. The molecule has 5 heteroatoms. The van der Waals surface area contributed by atoms with Gasteiger partial charge >= 0.3 is 7.60 Å². The summed E-state index contributed by atoms with van der Waals surface area (Å²) in [4.78, 5) is 15.3. The zero-order valence-electron chi connectivity index (χ0n) is 3.08. The van der Waals surface area contributed by atoms with Crippen molar-refractivity contribution in [1.82, 2.24) is 0 Å².